The maximum atomic E-state index is 11.3. The summed E-state index contributed by atoms with van der Waals surface area (Å²) >= 11 is 0. The third kappa shape index (κ3) is 3.02. The second kappa shape index (κ2) is 5.05. The first-order valence-corrected chi connectivity index (χ1v) is 4.11. The molecule has 0 aliphatic rings. The Labute approximate surface area is 83.7 Å². The number of nitrogens with zero attached hydrogens (tertiary/aromatic N) is 1. The lowest BCUT2D eigenvalue weighted by Crippen LogP contribution is -2.36. The molecule has 0 radical (unpaired) electrons. The lowest BCUT2D eigenvalue weighted by Gasteiger charge is -2.01. The summed E-state index contributed by atoms with van der Waals surface area (Å²) in [6.07, 6.45) is 0. The molecule has 0 fully saturated rings. The minimum absolute atomic E-state index is 0.260. The molecule has 82 valence electrons. The van der Waals surface area contributed by atoms with Crippen LogP contribution in [0.15, 0.2) is 9.59 Å². The molecule has 0 atom stereocenters. The molecule has 1 heterocycles. The Bertz CT molecular complexity index is 449. The van der Waals surface area contributed by atoms with Crippen molar-refractivity contribution in [1.82, 2.24) is 20.5 Å². The lowest BCUT2D eigenvalue weighted by molar-refractivity contribution is 0.0929. The maximum Gasteiger partial charge on any atom is 0.342 e. The van der Waals surface area contributed by atoms with Crippen LogP contribution in [0.1, 0.15) is 10.5 Å². The van der Waals surface area contributed by atoms with Gasteiger partial charge in [0.25, 0.3) is 11.5 Å². The number of aromatic nitrogens is 3. The molecule has 8 nitrogen and oxygen atoms in total. The fourth-order valence-corrected chi connectivity index (χ4v) is 0.852. The third-order valence-corrected chi connectivity index (χ3v) is 1.52. The summed E-state index contributed by atoms with van der Waals surface area (Å²) in [7, 11) is 1.48. The van der Waals surface area contributed by atoms with E-state index in [1.165, 1.54) is 7.11 Å². The first-order valence-electron chi connectivity index (χ1n) is 4.11. The number of aromatic amines is 2. The predicted octanol–water partition coefficient (Wildman–Crippen LogP) is -2.17. The van der Waals surface area contributed by atoms with E-state index in [0.717, 1.165) is 0 Å². The Morgan fingerprint density at radius 3 is 2.87 bits per heavy atom. The van der Waals surface area contributed by atoms with Crippen LogP contribution in [0.25, 0.3) is 0 Å². The van der Waals surface area contributed by atoms with Gasteiger partial charge < -0.3 is 10.1 Å². The number of hydrogen-bond donors (Lipinski definition) is 3. The zero-order chi connectivity index (χ0) is 11.3. The van der Waals surface area contributed by atoms with Crippen molar-refractivity contribution >= 4 is 5.91 Å². The van der Waals surface area contributed by atoms with Crippen LogP contribution in [-0.2, 0) is 4.74 Å². The lowest BCUT2D eigenvalue weighted by atomic mass is 10.4. The molecular formula is C7H10N4O4. The van der Waals surface area contributed by atoms with Gasteiger partial charge >= 0.3 is 5.69 Å². The van der Waals surface area contributed by atoms with E-state index in [0.29, 0.717) is 6.61 Å². The van der Waals surface area contributed by atoms with Gasteiger partial charge in [-0.2, -0.15) is 5.10 Å². The van der Waals surface area contributed by atoms with Gasteiger partial charge in [-0.1, -0.05) is 0 Å². The number of hydrogen-bond acceptors (Lipinski definition) is 5. The van der Waals surface area contributed by atoms with Crippen molar-refractivity contribution in [2.45, 2.75) is 0 Å². The van der Waals surface area contributed by atoms with Crippen LogP contribution in [0.2, 0.25) is 0 Å². The molecule has 0 unspecified atom stereocenters. The number of H-pyrrole nitrogens is 2. The van der Waals surface area contributed by atoms with Gasteiger partial charge in [-0.15, -0.1) is 0 Å². The van der Waals surface area contributed by atoms with Gasteiger partial charge in [0.15, 0.2) is 0 Å². The molecule has 1 rings (SSSR count). The van der Waals surface area contributed by atoms with Crippen LogP contribution in [0, 0.1) is 0 Å². The highest BCUT2D eigenvalue weighted by Gasteiger charge is 2.11. The summed E-state index contributed by atoms with van der Waals surface area (Å²) < 4.78 is 4.70. The van der Waals surface area contributed by atoms with Crippen LogP contribution >= 0.6 is 0 Å². The molecule has 15 heavy (non-hydrogen) atoms. The summed E-state index contributed by atoms with van der Waals surface area (Å²) in [4.78, 5) is 34.9. The van der Waals surface area contributed by atoms with Gasteiger partial charge in [-0.05, 0) is 0 Å². The van der Waals surface area contributed by atoms with E-state index in [1.807, 2.05) is 10.1 Å². The Morgan fingerprint density at radius 2 is 2.27 bits per heavy atom. The Balaban J connectivity index is 2.74. The largest absolute Gasteiger partial charge is 0.383 e. The number of nitrogens with one attached hydrogen (secondary N) is 3. The molecule has 0 aliphatic carbocycles. The zero-order valence-electron chi connectivity index (χ0n) is 7.99. The van der Waals surface area contributed by atoms with Gasteiger partial charge in [0.1, 0.15) is 0 Å². The monoisotopic (exact) mass is 214 g/mol. The van der Waals surface area contributed by atoms with E-state index >= 15 is 0 Å². The van der Waals surface area contributed by atoms with Crippen LogP contribution < -0.4 is 16.6 Å². The number of ether oxygens (including phenoxy) is 1. The molecule has 0 bridgehead atoms. The third-order valence-electron chi connectivity index (χ3n) is 1.52. The SMILES string of the molecule is COCCNC(=O)c1n[nH]c(=O)[nH]c1=O. The van der Waals surface area contributed by atoms with Crippen molar-refractivity contribution in [2.75, 3.05) is 20.3 Å². The molecule has 0 saturated carbocycles. The Morgan fingerprint density at radius 1 is 1.53 bits per heavy atom. The molecule has 0 spiro atoms. The summed E-state index contributed by atoms with van der Waals surface area (Å²) in [6.45, 7) is 0.586. The molecule has 1 amide bonds. The maximum absolute atomic E-state index is 11.3. The van der Waals surface area contributed by atoms with Gasteiger partial charge in [-0.3, -0.25) is 14.6 Å². The Kier molecular flexibility index (Phi) is 3.75. The number of amides is 1. The van der Waals surface area contributed by atoms with E-state index in [1.54, 1.807) is 0 Å². The highest BCUT2D eigenvalue weighted by molar-refractivity contribution is 5.91. The smallest absolute Gasteiger partial charge is 0.342 e. The quantitative estimate of drug-likeness (QED) is 0.493. The van der Waals surface area contributed by atoms with Crippen molar-refractivity contribution in [3.05, 3.63) is 26.5 Å². The number of methoxy groups -OCH3 is 1. The van der Waals surface area contributed by atoms with E-state index in [4.69, 9.17) is 4.74 Å². The van der Waals surface area contributed by atoms with Gasteiger partial charge in [-0.25, -0.2) is 9.89 Å². The van der Waals surface area contributed by atoms with Crippen molar-refractivity contribution in [2.24, 2.45) is 0 Å². The highest BCUT2D eigenvalue weighted by atomic mass is 16.5. The number of rotatable bonds is 4. The molecule has 0 aromatic carbocycles. The fraction of sp³-hybridized carbons (Fsp3) is 0.429. The van der Waals surface area contributed by atoms with Crippen molar-refractivity contribution in [3.8, 4) is 0 Å². The van der Waals surface area contributed by atoms with E-state index in [-0.39, 0.29) is 12.2 Å². The van der Waals surface area contributed by atoms with E-state index < -0.39 is 17.2 Å². The highest BCUT2D eigenvalue weighted by Crippen LogP contribution is 1.78. The summed E-state index contributed by atoms with van der Waals surface area (Å²) in [5, 5.41) is 7.67. The fourth-order valence-electron chi connectivity index (χ4n) is 0.852. The molecule has 1 aromatic rings. The molecular weight excluding hydrogens is 204 g/mol. The van der Waals surface area contributed by atoms with Crippen LogP contribution in [0.5, 0.6) is 0 Å². The molecule has 8 heteroatoms. The average Bonchev–Trinajstić information content (AvgIpc) is 2.17. The second-order valence-corrected chi connectivity index (χ2v) is 2.60. The van der Waals surface area contributed by atoms with E-state index in [2.05, 4.69) is 10.4 Å². The first kappa shape index (κ1) is 11.1. The van der Waals surface area contributed by atoms with Crippen molar-refractivity contribution in [3.63, 3.8) is 0 Å². The van der Waals surface area contributed by atoms with Gasteiger partial charge in [0, 0.05) is 13.7 Å². The minimum atomic E-state index is -0.825. The first-order chi connectivity index (χ1) is 7.15. The number of carbonyl (C=O) groups is 1. The second-order valence-electron chi connectivity index (χ2n) is 2.60. The van der Waals surface area contributed by atoms with Crippen molar-refractivity contribution < 1.29 is 9.53 Å². The van der Waals surface area contributed by atoms with Crippen LogP contribution in [0.4, 0.5) is 0 Å². The zero-order valence-corrected chi connectivity index (χ0v) is 7.99. The topological polar surface area (TPSA) is 117 Å². The molecule has 0 saturated heterocycles. The molecule has 3 N–H and O–H groups in total. The van der Waals surface area contributed by atoms with E-state index in [9.17, 15) is 14.4 Å². The van der Waals surface area contributed by atoms with Gasteiger partial charge in [0.05, 0.1) is 6.61 Å². The van der Waals surface area contributed by atoms with Crippen LogP contribution in [-0.4, -0.2) is 41.3 Å². The Hall–Kier alpha value is -1.96. The summed E-state index contributed by atoms with van der Waals surface area (Å²) in [6, 6.07) is 0. The average molecular weight is 214 g/mol. The molecule has 0 aliphatic heterocycles. The normalized spacial score (nSPS) is 9.93. The predicted molar refractivity (Wildman–Crippen MR) is 49.7 cm³/mol. The summed E-state index contributed by atoms with van der Waals surface area (Å²) in [5.41, 5.74) is -1.96. The van der Waals surface area contributed by atoms with Gasteiger partial charge in [0.2, 0.25) is 5.69 Å². The number of carbonyl (C=O) groups excluding carboxylic acids is 1. The standard InChI is InChI=1S/C7H10N4O4/c1-15-3-2-8-5(12)4-6(13)9-7(14)11-10-4/h2-3H2,1H3,(H,8,12)(H2,9,11,13,14). The summed E-state index contributed by atoms with van der Waals surface area (Å²) in [5.74, 6) is -0.662. The van der Waals surface area contributed by atoms with Crippen LogP contribution in [0.3, 0.4) is 0 Å². The molecule has 1 aromatic heterocycles. The minimum Gasteiger partial charge on any atom is -0.383 e. The van der Waals surface area contributed by atoms with Crippen molar-refractivity contribution in [1.29, 1.82) is 0 Å².